The van der Waals surface area contributed by atoms with Crippen LogP contribution < -0.4 is 0 Å². The molecule has 0 aliphatic heterocycles. The number of Topliss-reactive ketones (excluding diaryl/α,β-unsaturated/α-hetero) is 1. The maximum atomic E-state index is 12.7. The van der Waals surface area contributed by atoms with Gasteiger partial charge in [0.05, 0.1) is 34.7 Å². The Morgan fingerprint density at radius 2 is 1.58 bits per heavy atom. The van der Waals surface area contributed by atoms with Gasteiger partial charge in [-0.05, 0) is 65.0 Å². The number of ether oxygens (including phenoxy) is 2. The summed E-state index contributed by atoms with van der Waals surface area (Å²) in [7, 11) is 0. The molecule has 0 atom stereocenters. The van der Waals surface area contributed by atoms with E-state index in [0.717, 1.165) is 17.1 Å². The van der Waals surface area contributed by atoms with Gasteiger partial charge >= 0.3 is 11.9 Å². The second kappa shape index (κ2) is 8.99. The number of hydrogen-bond acceptors (Lipinski definition) is 6. The molecule has 162 valence electrons. The Morgan fingerprint density at radius 3 is 2.16 bits per heavy atom. The fourth-order valence-electron chi connectivity index (χ4n) is 3.50. The van der Waals surface area contributed by atoms with Gasteiger partial charge in [-0.3, -0.25) is 4.79 Å². The summed E-state index contributed by atoms with van der Waals surface area (Å²) in [6.45, 7) is 8.63. The van der Waals surface area contributed by atoms with Gasteiger partial charge in [0, 0.05) is 17.1 Å². The van der Waals surface area contributed by atoms with Crippen LogP contribution in [0, 0.1) is 27.7 Å². The van der Waals surface area contributed by atoms with E-state index in [0.29, 0.717) is 17.0 Å². The van der Waals surface area contributed by atoms with Crippen molar-refractivity contribution in [1.82, 2.24) is 14.8 Å². The monoisotopic (exact) mass is 423 g/mol. The number of aromatic nitrogens is 3. The third-order valence-corrected chi connectivity index (χ3v) is 4.82. The van der Waals surface area contributed by atoms with E-state index < -0.39 is 24.3 Å². The van der Waals surface area contributed by atoms with Crippen molar-refractivity contribution < 1.29 is 23.9 Å². The maximum Gasteiger partial charge on any atom is 0.340 e. The van der Waals surface area contributed by atoms with E-state index in [4.69, 9.17) is 9.47 Å². The molecular weight excluding hydrogens is 398 g/mol. The first-order valence-corrected chi connectivity index (χ1v) is 9.93. The van der Waals surface area contributed by atoms with Crippen LogP contribution in [-0.2, 0) is 9.47 Å². The SMILES string of the molecule is CCOC(=O)c1c(C)[nH]c(C)c1C(=O)COC(=O)c1ccc(-n2nc(C)cc2C)cc1. The van der Waals surface area contributed by atoms with Crippen LogP contribution in [0.15, 0.2) is 30.3 Å². The molecule has 2 heterocycles. The van der Waals surface area contributed by atoms with Crippen molar-refractivity contribution in [2.45, 2.75) is 34.6 Å². The molecule has 0 bridgehead atoms. The molecule has 0 unspecified atom stereocenters. The molecule has 31 heavy (non-hydrogen) atoms. The molecule has 0 amide bonds. The van der Waals surface area contributed by atoms with Crippen LogP contribution in [0.5, 0.6) is 0 Å². The summed E-state index contributed by atoms with van der Waals surface area (Å²) >= 11 is 0. The molecule has 0 saturated carbocycles. The van der Waals surface area contributed by atoms with Crippen LogP contribution in [0.4, 0.5) is 0 Å². The lowest BCUT2D eigenvalue weighted by molar-refractivity contribution is 0.0472. The zero-order valence-corrected chi connectivity index (χ0v) is 18.2. The largest absolute Gasteiger partial charge is 0.462 e. The highest BCUT2D eigenvalue weighted by atomic mass is 16.5. The third kappa shape index (κ3) is 4.58. The molecule has 3 rings (SSSR count). The molecule has 0 aliphatic carbocycles. The van der Waals surface area contributed by atoms with E-state index >= 15 is 0 Å². The van der Waals surface area contributed by atoms with Crippen LogP contribution in [0.2, 0.25) is 0 Å². The van der Waals surface area contributed by atoms with E-state index in [1.807, 2.05) is 19.9 Å². The Kier molecular flexibility index (Phi) is 6.39. The fourth-order valence-corrected chi connectivity index (χ4v) is 3.50. The Morgan fingerprint density at radius 1 is 0.935 bits per heavy atom. The van der Waals surface area contributed by atoms with Crippen LogP contribution in [-0.4, -0.2) is 45.7 Å². The number of aromatic amines is 1. The van der Waals surface area contributed by atoms with Crippen LogP contribution in [0.25, 0.3) is 5.69 Å². The molecule has 0 saturated heterocycles. The van der Waals surface area contributed by atoms with E-state index in [9.17, 15) is 14.4 Å². The van der Waals surface area contributed by atoms with Gasteiger partial charge in [-0.2, -0.15) is 5.10 Å². The highest BCUT2D eigenvalue weighted by Crippen LogP contribution is 2.21. The number of benzene rings is 1. The second-order valence-corrected chi connectivity index (χ2v) is 7.23. The summed E-state index contributed by atoms with van der Waals surface area (Å²) in [5.41, 5.74) is 4.42. The summed E-state index contributed by atoms with van der Waals surface area (Å²) in [4.78, 5) is 40.3. The fraction of sp³-hybridized carbons (Fsp3) is 0.304. The number of ketones is 1. The van der Waals surface area contributed by atoms with Gasteiger partial charge < -0.3 is 14.5 Å². The maximum absolute atomic E-state index is 12.7. The van der Waals surface area contributed by atoms with Crippen molar-refractivity contribution >= 4 is 17.7 Å². The number of carbonyl (C=O) groups excluding carboxylic acids is 3. The molecule has 1 aromatic carbocycles. The molecule has 0 fully saturated rings. The normalized spacial score (nSPS) is 10.7. The average molecular weight is 423 g/mol. The summed E-state index contributed by atoms with van der Waals surface area (Å²) < 4.78 is 12.0. The third-order valence-electron chi connectivity index (χ3n) is 4.82. The van der Waals surface area contributed by atoms with Crippen LogP contribution in [0.1, 0.15) is 60.8 Å². The zero-order valence-electron chi connectivity index (χ0n) is 18.2. The number of carbonyl (C=O) groups is 3. The highest BCUT2D eigenvalue weighted by Gasteiger charge is 2.26. The lowest BCUT2D eigenvalue weighted by Gasteiger charge is -2.08. The minimum absolute atomic E-state index is 0.176. The molecule has 2 aromatic heterocycles. The summed E-state index contributed by atoms with van der Waals surface area (Å²) in [5.74, 6) is -1.69. The molecule has 8 nitrogen and oxygen atoms in total. The molecule has 3 aromatic rings. The quantitative estimate of drug-likeness (QED) is 0.460. The smallest absolute Gasteiger partial charge is 0.340 e. The molecular formula is C23H25N3O5. The number of esters is 2. The van der Waals surface area contributed by atoms with Gasteiger partial charge in [0.25, 0.3) is 0 Å². The number of hydrogen-bond donors (Lipinski definition) is 1. The minimum Gasteiger partial charge on any atom is -0.462 e. The van der Waals surface area contributed by atoms with Crippen LogP contribution in [0.3, 0.4) is 0 Å². The van der Waals surface area contributed by atoms with Crippen molar-refractivity contribution in [2.75, 3.05) is 13.2 Å². The second-order valence-electron chi connectivity index (χ2n) is 7.23. The Hall–Kier alpha value is -3.68. The van der Waals surface area contributed by atoms with Gasteiger partial charge in [-0.15, -0.1) is 0 Å². The van der Waals surface area contributed by atoms with Gasteiger partial charge in [0.1, 0.15) is 0 Å². The molecule has 0 radical (unpaired) electrons. The summed E-state index contributed by atoms with van der Waals surface area (Å²) in [5, 5.41) is 4.41. The Balaban J connectivity index is 1.71. The van der Waals surface area contributed by atoms with Crippen molar-refractivity contribution in [2.24, 2.45) is 0 Å². The molecule has 1 N–H and O–H groups in total. The van der Waals surface area contributed by atoms with Gasteiger partial charge in [0.2, 0.25) is 5.78 Å². The van der Waals surface area contributed by atoms with Crippen molar-refractivity contribution in [1.29, 1.82) is 0 Å². The van der Waals surface area contributed by atoms with Crippen molar-refractivity contribution in [3.05, 3.63) is 69.8 Å². The molecule has 0 spiro atoms. The first-order chi connectivity index (χ1) is 14.7. The number of rotatable bonds is 7. The number of nitrogens with zero attached hydrogens (tertiary/aromatic N) is 2. The van der Waals surface area contributed by atoms with E-state index in [1.165, 1.54) is 0 Å². The number of H-pyrrole nitrogens is 1. The summed E-state index contributed by atoms with van der Waals surface area (Å²) in [6, 6.07) is 8.72. The standard InChI is InChI=1S/C23H25N3O5/c1-6-30-23(29)21-16(5)24-15(4)20(21)19(27)12-31-22(28)17-7-9-18(10-8-17)26-14(3)11-13(2)25-26/h7-11,24H,6,12H2,1-5H3. The molecule has 0 aliphatic rings. The van der Waals surface area contributed by atoms with Crippen molar-refractivity contribution in [3.8, 4) is 5.69 Å². The topological polar surface area (TPSA) is 103 Å². The lowest BCUT2D eigenvalue weighted by atomic mass is 10.1. The van der Waals surface area contributed by atoms with E-state index in [-0.39, 0.29) is 17.7 Å². The zero-order chi connectivity index (χ0) is 22.7. The van der Waals surface area contributed by atoms with Gasteiger partial charge in [-0.1, -0.05) is 0 Å². The predicted octanol–water partition coefficient (Wildman–Crippen LogP) is 3.65. The van der Waals surface area contributed by atoms with E-state index in [1.54, 1.807) is 49.7 Å². The lowest BCUT2D eigenvalue weighted by Crippen LogP contribution is -2.18. The van der Waals surface area contributed by atoms with Gasteiger partial charge in [0.15, 0.2) is 6.61 Å². The predicted molar refractivity (Wildman–Crippen MR) is 114 cm³/mol. The van der Waals surface area contributed by atoms with Crippen molar-refractivity contribution in [3.63, 3.8) is 0 Å². The first-order valence-electron chi connectivity index (χ1n) is 9.93. The Bertz CT molecular complexity index is 1140. The Labute approximate surface area is 180 Å². The highest BCUT2D eigenvalue weighted by molar-refractivity contribution is 6.09. The average Bonchev–Trinajstić information content (AvgIpc) is 3.23. The minimum atomic E-state index is -0.629. The first kappa shape index (κ1) is 22.0. The number of nitrogens with one attached hydrogen (secondary N) is 1. The summed E-state index contributed by atoms with van der Waals surface area (Å²) in [6.07, 6.45) is 0. The van der Waals surface area contributed by atoms with Gasteiger partial charge in [-0.25, -0.2) is 14.3 Å². The number of aryl methyl sites for hydroxylation is 4. The molecule has 8 heteroatoms. The van der Waals surface area contributed by atoms with E-state index in [2.05, 4.69) is 10.1 Å². The van der Waals surface area contributed by atoms with Crippen LogP contribution >= 0.6 is 0 Å².